The van der Waals surface area contributed by atoms with Crippen LogP contribution >= 0.6 is 0 Å². The Hall–Kier alpha value is -3.68. The molecule has 3 aromatic rings. The maximum absolute atomic E-state index is 13.4. The first-order chi connectivity index (χ1) is 16.2. The maximum atomic E-state index is 13.4. The molecule has 2 aliphatic rings. The molecular weight excluding hydrogens is 423 g/mol. The fraction of sp³-hybridized carbons (Fsp3) is 0.320. The molecule has 0 bridgehead atoms. The van der Waals surface area contributed by atoms with E-state index in [-0.39, 0.29) is 18.3 Å². The van der Waals surface area contributed by atoms with E-state index in [0.717, 1.165) is 37.2 Å². The SMILES string of the molecule is O=C(COc1ccccc1)N1CCc2nc(N3CCCC3)nc(Oc3ccc(F)cc3)c2C1. The number of hydrogen-bond donors (Lipinski definition) is 0. The average molecular weight is 448 g/mol. The van der Waals surface area contributed by atoms with E-state index in [1.54, 1.807) is 17.0 Å². The zero-order valence-electron chi connectivity index (χ0n) is 18.2. The lowest BCUT2D eigenvalue weighted by Gasteiger charge is -2.30. The van der Waals surface area contributed by atoms with Crippen molar-refractivity contribution in [2.24, 2.45) is 0 Å². The molecule has 0 unspecified atom stereocenters. The number of ether oxygens (including phenoxy) is 2. The van der Waals surface area contributed by atoms with Gasteiger partial charge in [-0.1, -0.05) is 18.2 Å². The van der Waals surface area contributed by atoms with Crippen molar-refractivity contribution in [2.45, 2.75) is 25.8 Å². The van der Waals surface area contributed by atoms with Crippen LogP contribution in [-0.2, 0) is 17.8 Å². The van der Waals surface area contributed by atoms with Gasteiger partial charge in [-0.3, -0.25) is 4.79 Å². The Morgan fingerprint density at radius 1 is 0.939 bits per heavy atom. The van der Waals surface area contributed by atoms with Crippen molar-refractivity contribution in [1.29, 1.82) is 0 Å². The molecule has 0 spiro atoms. The maximum Gasteiger partial charge on any atom is 0.260 e. The number of anilines is 1. The van der Waals surface area contributed by atoms with Gasteiger partial charge in [0.15, 0.2) is 6.61 Å². The van der Waals surface area contributed by atoms with Crippen LogP contribution in [0.4, 0.5) is 10.3 Å². The molecule has 1 fully saturated rings. The van der Waals surface area contributed by atoms with Gasteiger partial charge >= 0.3 is 0 Å². The van der Waals surface area contributed by atoms with E-state index < -0.39 is 0 Å². The Morgan fingerprint density at radius 2 is 1.70 bits per heavy atom. The van der Waals surface area contributed by atoms with Gasteiger partial charge in [-0.2, -0.15) is 4.98 Å². The summed E-state index contributed by atoms with van der Waals surface area (Å²) in [7, 11) is 0. The molecule has 7 nitrogen and oxygen atoms in total. The minimum Gasteiger partial charge on any atom is -0.484 e. The summed E-state index contributed by atoms with van der Waals surface area (Å²) in [4.78, 5) is 26.2. The topological polar surface area (TPSA) is 67.8 Å². The summed E-state index contributed by atoms with van der Waals surface area (Å²) < 4.78 is 25.1. The van der Waals surface area contributed by atoms with E-state index in [1.807, 2.05) is 30.3 Å². The zero-order valence-corrected chi connectivity index (χ0v) is 18.2. The molecule has 0 N–H and O–H groups in total. The molecular formula is C25H25FN4O3. The molecule has 0 atom stereocenters. The molecule has 1 saturated heterocycles. The molecule has 3 heterocycles. The molecule has 170 valence electrons. The lowest BCUT2D eigenvalue weighted by Crippen LogP contribution is -2.39. The van der Waals surface area contributed by atoms with Crippen LogP contribution in [0.1, 0.15) is 24.1 Å². The number of amides is 1. The predicted octanol–water partition coefficient (Wildman–Crippen LogP) is 3.97. The molecule has 33 heavy (non-hydrogen) atoms. The van der Waals surface area contributed by atoms with E-state index in [4.69, 9.17) is 19.4 Å². The third-order valence-electron chi connectivity index (χ3n) is 5.89. The van der Waals surface area contributed by atoms with Crippen LogP contribution in [0, 0.1) is 5.82 Å². The van der Waals surface area contributed by atoms with Crippen molar-refractivity contribution in [2.75, 3.05) is 31.1 Å². The number of aromatic nitrogens is 2. The highest BCUT2D eigenvalue weighted by Gasteiger charge is 2.28. The Balaban J connectivity index is 1.38. The zero-order chi connectivity index (χ0) is 22.6. The second-order valence-corrected chi connectivity index (χ2v) is 8.17. The standard InChI is InChI=1S/C25H25FN4O3/c26-18-8-10-20(11-9-18)33-24-21-16-30(23(31)17-32-19-6-2-1-3-7-19)15-12-22(21)27-25(28-24)29-13-4-5-14-29/h1-3,6-11H,4-5,12-17H2. The summed E-state index contributed by atoms with van der Waals surface area (Å²) in [6.07, 6.45) is 2.83. The number of benzene rings is 2. The minimum atomic E-state index is -0.333. The second-order valence-electron chi connectivity index (χ2n) is 8.17. The molecule has 8 heteroatoms. The Kier molecular flexibility index (Phi) is 6.06. The van der Waals surface area contributed by atoms with Crippen LogP contribution < -0.4 is 14.4 Å². The fourth-order valence-corrected chi connectivity index (χ4v) is 4.09. The van der Waals surface area contributed by atoms with Gasteiger partial charge in [-0.15, -0.1) is 0 Å². The smallest absolute Gasteiger partial charge is 0.260 e. The molecule has 1 aromatic heterocycles. The van der Waals surface area contributed by atoms with Crippen molar-refractivity contribution in [3.05, 3.63) is 71.7 Å². The quantitative estimate of drug-likeness (QED) is 0.569. The predicted molar refractivity (Wildman–Crippen MR) is 121 cm³/mol. The summed E-state index contributed by atoms with van der Waals surface area (Å²) >= 11 is 0. The normalized spacial score (nSPS) is 15.3. The molecule has 5 rings (SSSR count). The van der Waals surface area contributed by atoms with Gasteiger partial charge in [0.1, 0.15) is 17.3 Å². The van der Waals surface area contributed by atoms with Crippen LogP contribution in [-0.4, -0.2) is 47.0 Å². The summed E-state index contributed by atoms with van der Waals surface area (Å²) in [5, 5.41) is 0. The number of para-hydroxylation sites is 1. The van der Waals surface area contributed by atoms with E-state index in [0.29, 0.717) is 42.8 Å². The average Bonchev–Trinajstić information content (AvgIpc) is 3.39. The molecule has 1 amide bonds. The molecule has 0 aliphatic carbocycles. The van der Waals surface area contributed by atoms with Crippen molar-refractivity contribution < 1.29 is 18.7 Å². The number of nitrogens with zero attached hydrogens (tertiary/aromatic N) is 4. The first kappa shape index (κ1) is 21.2. The van der Waals surface area contributed by atoms with Crippen LogP contribution in [0.15, 0.2) is 54.6 Å². The number of carbonyl (C=O) groups excluding carboxylic acids is 1. The second kappa shape index (κ2) is 9.44. The van der Waals surface area contributed by atoms with Gasteiger partial charge in [-0.25, -0.2) is 9.37 Å². The number of rotatable bonds is 6. The lowest BCUT2D eigenvalue weighted by molar-refractivity contribution is -0.134. The van der Waals surface area contributed by atoms with Crippen molar-refractivity contribution in [3.63, 3.8) is 0 Å². The first-order valence-electron chi connectivity index (χ1n) is 11.2. The van der Waals surface area contributed by atoms with E-state index in [2.05, 4.69) is 4.90 Å². The number of fused-ring (bicyclic) bond motifs is 1. The molecule has 2 aromatic carbocycles. The van der Waals surface area contributed by atoms with Gasteiger partial charge in [0, 0.05) is 26.1 Å². The largest absolute Gasteiger partial charge is 0.484 e. The first-order valence-corrected chi connectivity index (χ1v) is 11.2. The van der Waals surface area contributed by atoms with E-state index >= 15 is 0 Å². The van der Waals surface area contributed by atoms with Gasteiger partial charge < -0.3 is 19.3 Å². The Bertz CT molecular complexity index is 1120. The Morgan fingerprint density at radius 3 is 2.45 bits per heavy atom. The number of halogens is 1. The van der Waals surface area contributed by atoms with Crippen LogP contribution in [0.2, 0.25) is 0 Å². The summed E-state index contributed by atoms with van der Waals surface area (Å²) in [6.45, 7) is 2.67. The highest BCUT2D eigenvalue weighted by atomic mass is 19.1. The number of hydrogen-bond acceptors (Lipinski definition) is 6. The number of carbonyl (C=O) groups is 1. The van der Waals surface area contributed by atoms with Crippen molar-refractivity contribution >= 4 is 11.9 Å². The van der Waals surface area contributed by atoms with E-state index in [9.17, 15) is 9.18 Å². The van der Waals surface area contributed by atoms with Gasteiger partial charge in [-0.05, 0) is 49.2 Å². The third kappa shape index (κ3) is 4.89. The van der Waals surface area contributed by atoms with Crippen molar-refractivity contribution in [1.82, 2.24) is 14.9 Å². The monoisotopic (exact) mass is 448 g/mol. The highest BCUT2D eigenvalue weighted by molar-refractivity contribution is 5.78. The summed E-state index contributed by atoms with van der Waals surface area (Å²) in [5.74, 6) is 1.76. The summed E-state index contributed by atoms with van der Waals surface area (Å²) in [5.41, 5.74) is 1.67. The lowest BCUT2D eigenvalue weighted by atomic mass is 10.1. The third-order valence-corrected chi connectivity index (χ3v) is 5.89. The van der Waals surface area contributed by atoms with Crippen molar-refractivity contribution in [3.8, 4) is 17.4 Å². The Labute approximate surface area is 191 Å². The van der Waals surface area contributed by atoms with Crippen LogP contribution in [0.25, 0.3) is 0 Å². The minimum absolute atomic E-state index is 0.0415. The van der Waals surface area contributed by atoms with E-state index in [1.165, 1.54) is 12.1 Å². The van der Waals surface area contributed by atoms with Crippen LogP contribution in [0.5, 0.6) is 17.4 Å². The fourth-order valence-electron chi connectivity index (χ4n) is 4.09. The highest BCUT2D eigenvalue weighted by Crippen LogP contribution is 2.32. The van der Waals surface area contributed by atoms with Gasteiger partial charge in [0.2, 0.25) is 11.8 Å². The molecule has 0 saturated carbocycles. The molecule has 2 aliphatic heterocycles. The van der Waals surface area contributed by atoms with Gasteiger partial charge in [0.25, 0.3) is 5.91 Å². The summed E-state index contributed by atoms with van der Waals surface area (Å²) in [6, 6.07) is 15.1. The van der Waals surface area contributed by atoms with Gasteiger partial charge in [0.05, 0.1) is 17.8 Å². The molecule has 0 radical (unpaired) electrons. The van der Waals surface area contributed by atoms with Crippen LogP contribution in [0.3, 0.4) is 0 Å².